The van der Waals surface area contributed by atoms with Crippen molar-refractivity contribution in [2.24, 2.45) is 0 Å². The predicted octanol–water partition coefficient (Wildman–Crippen LogP) is 5.10. The number of hydrogen-bond donors (Lipinski definition) is 1. The number of para-hydroxylation sites is 1. The Morgan fingerprint density at radius 1 is 1.10 bits per heavy atom. The highest BCUT2D eigenvalue weighted by atomic mass is 79.9. The Morgan fingerprint density at radius 3 is 2.48 bits per heavy atom. The highest BCUT2D eigenvalue weighted by Gasteiger charge is 2.31. The SMILES string of the molecule is Fc1ccc(NCc2ccccc2OC(F)(F)F)c(Br)c1. The minimum absolute atomic E-state index is 0.108. The molecule has 0 fully saturated rings. The largest absolute Gasteiger partial charge is 0.573 e. The first-order chi connectivity index (χ1) is 9.85. The number of halogens is 5. The molecule has 2 aromatic carbocycles. The van der Waals surface area contributed by atoms with Gasteiger partial charge in [0.25, 0.3) is 0 Å². The molecule has 2 rings (SSSR count). The minimum atomic E-state index is -4.74. The summed E-state index contributed by atoms with van der Waals surface area (Å²) in [6.45, 7) is 0.108. The molecular weight excluding hydrogens is 354 g/mol. The van der Waals surface area contributed by atoms with Crippen LogP contribution in [-0.2, 0) is 6.54 Å². The zero-order valence-electron chi connectivity index (χ0n) is 10.5. The zero-order chi connectivity index (χ0) is 15.5. The Kier molecular flexibility index (Phi) is 4.72. The molecule has 0 spiro atoms. The Balaban J connectivity index is 2.13. The van der Waals surface area contributed by atoms with Crippen LogP contribution in [0, 0.1) is 5.82 Å². The monoisotopic (exact) mass is 363 g/mol. The van der Waals surface area contributed by atoms with E-state index in [4.69, 9.17) is 0 Å². The molecule has 112 valence electrons. The molecule has 2 aromatic rings. The van der Waals surface area contributed by atoms with Crippen molar-refractivity contribution < 1.29 is 22.3 Å². The average Bonchev–Trinajstić information content (AvgIpc) is 2.37. The second-order valence-electron chi connectivity index (χ2n) is 4.13. The molecule has 0 radical (unpaired) electrons. The summed E-state index contributed by atoms with van der Waals surface area (Å²) >= 11 is 3.17. The van der Waals surface area contributed by atoms with Crippen LogP contribution in [0.1, 0.15) is 5.56 Å². The molecule has 0 unspecified atom stereocenters. The molecule has 0 atom stereocenters. The molecule has 21 heavy (non-hydrogen) atoms. The Bertz CT molecular complexity index is 631. The highest BCUT2D eigenvalue weighted by molar-refractivity contribution is 9.10. The van der Waals surface area contributed by atoms with Gasteiger partial charge in [-0.3, -0.25) is 0 Å². The first-order valence-electron chi connectivity index (χ1n) is 5.88. The van der Waals surface area contributed by atoms with Crippen LogP contribution in [0.25, 0.3) is 0 Å². The molecule has 0 saturated heterocycles. The summed E-state index contributed by atoms with van der Waals surface area (Å²) in [6, 6.07) is 9.84. The van der Waals surface area contributed by atoms with E-state index in [0.717, 1.165) is 0 Å². The molecule has 0 saturated carbocycles. The average molecular weight is 364 g/mol. The Morgan fingerprint density at radius 2 is 1.81 bits per heavy atom. The van der Waals surface area contributed by atoms with Gasteiger partial charge in [-0.15, -0.1) is 13.2 Å². The van der Waals surface area contributed by atoms with Crippen LogP contribution in [0.2, 0.25) is 0 Å². The van der Waals surface area contributed by atoms with Gasteiger partial charge in [0.05, 0.1) is 0 Å². The van der Waals surface area contributed by atoms with E-state index in [0.29, 0.717) is 15.7 Å². The Hall–Kier alpha value is -1.76. The van der Waals surface area contributed by atoms with Gasteiger partial charge in [-0.25, -0.2) is 4.39 Å². The summed E-state index contributed by atoms with van der Waals surface area (Å²) in [6.07, 6.45) is -4.74. The molecule has 0 aliphatic heterocycles. The van der Waals surface area contributed by atoms with E-state index in [1.807, 2.05) is 0 Å². The topological polar surface area (TPSA) is 21.3 Å². The van der Waals surface area contributed by atoms with Crippen LogP contribution in [-0.4, -0.2) is 6.36 Å². The number of alkyl halides is 3. The summed E-state index contributed by atoms with van der Waals surface area (Å²) < 4.78 is 54.3. The van der Waals surface area contributed by atoms with Crippen LogP contribution in [0.4, 0.5) is 23.2 Å². The molecule has 0 amide bonds. The zero-order valence-corrected chi connectivity index (χ0v) is 12.1. The van der Waals surface area contributed by atoms with Gasteiger partial charge in [0.1, 0.15) is 11.6 Å². The van der Waals surface area contributed by atoms with Crippen molar-refractivity contribution in [3.05, 3.63) is 58.3 Å². The first kappa shape index (κ1) is 15.6. The smallest absolute Gasteiger partial charge is 0.405 e. The number of rotatable bonds is 4. The fourth-order valence-corrected chi connectivity index (χ4v) is 2.19. The normalized spacial score (nSPS) is 11.3. The van der Waals surface area contributed by atoms with Crippen molar-refractivity contribution in [2.75, 3.05) is 5.32 Å². The minimum Gasteiger partial charge on any atom is -0.405 e. The van der Waals surface area contributed by atoms with E-state index in [2.05, 4.69) is 26.0 Å². The van der Waals surface area contributed by atoms with Crippen molar-refractivity contribution in [1.29, 1.82) is 0 Å². The van der Waals surface area contributed by atoms with Crippen LogP contribution in [0.5, 0.6) is 5.75 Å². The quantitative estimate of drug-likeness (QED) is 0.763. The van der Waals surface area contributed by atoms with Crippen LogP contribution in [0.3, 0.4) is 0 Å². The third-order valence-corrected chi connectivity index (χ3v) is 3.25. The lowest BCUT2D eigenvalue weighted by Crippen LogP contribution is -2.18. The van der Waals surface area contributed by atoms with Crippen molar-refractivity contribution in [3.8, 4) is 5.75 Å². The predicted molar refractivity (Wildman–Crippen MR) is 74.6 cm³/mol. The molecule has 0 aromatic heterocycles. The van der Waals surface area contributed by atoms with Gasteiger partial charge in [0.2, 0.25) is 0 Å². The second kappa shape index (κ2) is 6.34. The fourth-order valence-electron chi connectivity index (χ4n) is 1.70. The van der Waals surface area contributed by atoms with E-state index in [9.17, 15) is 17.6 Å². The molecule has 1 N–H and O–H groups in total. The lowest BCUT2D eigenvalue weighted by Gasteiger charge is -2.14. The summed E-state index contributed by atoms with van der Waals surface area (Å²) in [5.74, 6) is -0.677. The number of hydrogen-bond acceptors (Lipinski definition) is 2. The number of nitrogens with one attached hydrogen (secondary N) is 1. The van der Waals surface area contributed by atoms with Crippen LogP contribution >= 0.6 is 15.9 Å². The van der Waals surface area contributed by atoms with Crippen molar-refractivity contribution in [1.82, 2.24) is 0 Å². The van der Waals surface area contributed by atoms with Gasteiger partial charge in [-0.1, -0.05) is 18.2 Å². The lowest BCUT2D eigenvalue weighted by atomic mass is 10.2. The van der Waals surface area contributed by atoms with Gasteiger partial charge in [0.15, 0.2) is 0 Å². The number of anilines is 1. The number of ether oxygens (including phenoxy) is 1. The molecular formula is C14H10BrF4NO. The summed E-state index contributed by atoms with van der Waals surface area (Å²) in [5.41, 5.74) is 0.907. The summed E-state index contributed by atoms with van der Waals surface area (Å²) in [7, 11) is 0. The number of benzene rings is 2. The van der Waals surface area contributed by atoms with Gasteiger partial charge in [-0.05, 0) is 40.2 Å². The molecule has 7 heteroatoms. The molecule has 2 nitrogen and oxygen atoms in total. The third kappa shape index (κ3) is 4.63. The molecule has 0 heterocycles. The van der Waals surface area contributed by atoms with Gasteiger partial charge in [0, 0.05) is 22.3 Å². The maximum absolute atomic E-state index is 13.0. The summed E-state index contributed by atoms with van der Waals surface area (Å²) in [4.78, 5) is 0. The Labute approximate surface area is 126 Å². The van der Waals surface area contributed by atoms with Gasteiger partial charge < -0.3 is 10.1 Å². The molecule has 0 bridgehead atoms. The standard InChI is InChI=1S/C14H10BrF4NO/c15-11-7-10(16)5-6-12(11)20-8-9-3-1-2-4-13(9)21-14(17,18)19/h1-7,20H,8H2. The second-order valence-corrected chi connectivity index (χ2v) is 4.99. The van der Waals surface area contributed by atoms with Crippen molar-refractivity contribution in [3.63, 3.8) is 0 Å². The van der Waals surface area contributed by atoms with Gasteiger partial charge >= 0.3 is 6.36 Å². The highest BCUT2D eigenvalue weighted by Crippen LogP contribution is 2.28. The lowest BCUT2D eigenvalue weighted by molar-refractivity contribution is -0.274. The summed E-state index contributed by atoms with van der Waals surface area (Å²) in [5, 5.41) is 2.92. The van der Waals surface area contributed by atoms with Crippen LogP contribution < -0.4 is 10.1 Å². The van der Waals surface area contributed by atoms with E-state index >= 15 is 0 Å². The van der Waals surface area contributed by atoms with Gasteiger partial charge in [-0.2, -0.15) is 0 Å². The fraction of sp³-hybridized carbons (Fsp3) is 0.143. The maximum Gasteiger partial charge on any atom is 0.573 e. The molecule has 0 aliphatic rings. The van der Waals surface area contributed by atoms with Crippen molar-refractivity contribution in [2.45, 2.75) is 12.9 Å². The van der Waals surface area contributed by atoms with E-state index in [1.165, 1.54) is 36.4 Å². The van der Waals surface area contributed by atoms with E-state index in [1.54, 1.807) is 6.07 Å². The van der Waals surface area contributed by atoms with Crippen LogP contribution in [0.15, 0.2) is 46.9 Å². The molecule has 0 aliphatic carbocycles. The maximum atomic E-state index is 13.0. The third-order valence-electron chi connectivity index (χ3n) is 2.60. The van der Waals surface area contributed by atoms with E-state index < -0.39 is 12.2 Å². The van der Waals surface area contributed by atoms with Crippen molar-refractivity contribution >= 4 is 21.6 Å². The van der Waals surface area contributed by atoms with E-state index in [-0.39, 0.29) is 12.3 Å². The first-order valence-corrected chi connectivity index (χ1v) is 6.67.